The Morgan fingerprint density at radius 2 is 1.03 bits per heavy atom. The summed E-state index contributed by atoms with van der Waals surface area (Å²) < 4.78 is 53.6. The molecule has 0 radical (unpaired) electrons. The van der Waals surface area contributed by atoms with Crippen molar-refractivity contribution < 1.29 is 11.6 Å². The minimum absolute atomic E-state index is 0.0446. The van der Waals surface area contributed by atoms with Crippen LogP contribution in [-0.4, -0.2) is 16.2 Å². The monoisotopic (exact) mass is 946 g/mol. The number of benzene rings is 8. The molecule has 72 heavy (non-hydrogen) atoms. The van der Waals surface area contributed by atoms with Gasteiger partial charge >= 0.3 is 0 Å². The summed E-state index contributed by atoms with van der Waals surface area (Å²) in [5.74, 6) is 1.75. The number of fused-ring (bicyclic) bond motifs is 4. The van der Waals surface area contributed by atoms with Gasteiger partial charge in [0.1, 0.15) is 24.0 Å². The Labute approximate surface area is 433 Å². The van der Waals surface area contributed by atoms with Crippen molar-refractivity contribution in [3.05, 3.63) is 216 Å². The van der Waals surface area contributed by atoms with Crippen LogP contribution in [-0.2, 0) is 16.2 Å². The van der Waals surface area contributed by atoms with E-state index in [9.17, 15) is 2.74 Å². The van der Waals surface area contributed by atoms with Crippen molar-refractivity contribution in [1.29, 1.82) is 0 Å². The SMILES string of the molecule is [2H]c1c(-c2ccc(-c3ccc(C(C)(C)C)cc3)cc2)c(N2CN(c3cccc(Oc4ccc5c6ccccc6n(-c6cc(C([2H])([2H])[2H])ccn6)c5c4)c3)c3ccccc32)c(-c2ccc(C(C)(C)C)cc2)c([2H])c1C(C)(C)C. The smallest absolute Gasteiger partial charge is 0.137 e. The van der Waals surface area contributed by atoms with E-state index in [4.69, 9.17) is 8.85 Å². The lowest BCUT2D eigenvalue weighted by Gasteiger charge is -2.30. The van der Waals surface area contributed by atoms with Crippen molar-refractivity contribution >= 4 is 44.6 Å². The summed E-state index contributed by atoms with van der Waals surface area (Å²) in [5, 5.41) is 2.01. The van der Waals surface area contributed by atoms with E-state index in [0.717, 1.165) is 77.9 Å². The molecule has 5 heteroatoms. The summed E-state index contributed by atoms with van der Waals surface area (Å²) in [7, 11) is 0. The molecule has 0 amide bonds. The first kappa shape index (κ1) is 40.8. The zero-order valence-electron chi connectivity index (χ0n) is 47.7. The van der Waals surface area contributed by atoms with E-state index >= 15 is 0 Å². The van der Waals surface area contributed by atoms with E-state index in [1.807, 2.05) is 53.1 Å². The summed E-state index contributed by atoms with van der Waals surface area (Å²) in [6.45, 7) is 17.8. The Bertz CT molecular complexity index is 3880. The highest BCUT2D eigenvalue weighted by Gasteiger charge is 2.33. The molecule has 2 aromatic heterocycles. The molecule has 0 bridgehead atoms. The fourth-order valence-electron chi connectivity index (χ4n) is 9.99. The van der Waals surface area contributed by atoms with Crippen LogP contribution >= 0.6 is 0 Å². The van der Waals surface area contributed by atoms with Gasteiger partial charge in [0.05, 0.1) is 30.8 Å². The number of para-hydroxylation sites is 3. The van der Waals surface area contributed by atoms with E-state index in [1.165, 1.54) is 11.1 Å². The van der Waals surface area contributed by atoms with Crippen molar-refractivity contribution in [2.24, 2.45) is 0 Å². The van der Waals surface area contributed by atoms with Crippen molar-refractivity contribution in [3.8, 4) is 50.7 Å². The number of aromatic nitrogens is 2. The average Bonchev–Trinajstić information content (AvgIpc) is 4.06. The van der Waals surface area contributed by atoms with Gasteiger partial charge in [-0.05, 0) is 134 Å². The van der Waals surface area contributed by atoms with Crippen LogP contribution in [0.2, 0.25) is 0 Å². The highest BCUT2D eigenvalue weighted by molar-refractivity contribution is 6.09. The van der Waals surface area contributed by atoms with Gasteiger partial charge in [0.15, 0.2) is 0 Å². The lowest BCUT2D eigenvalue weighted by molar-refractivity contribution is 0.483. The number of pyridine rings is 1. The summed E-state index contributed by atoms with van der Waals surface area (Å²) in [6, 6.07) is 60.6. The van der Waals surface area contributed by atoms with Gasteiger partial charge in [0.25, 0.3) is 0 Å². The molecule has 0 spiro atoms. The van der Waals surface area contributed by atoms with Crippen LogP contribution in [0.4, 0.5) is 22.7 Å². The maximum atomic E-state index is 10.3. The molecule has 5 nitrogen and oxygen atoms in total. The molecule has 0 saturated carbocycles. The summed E-state index contributed by atoms with van der Waals surface area (Å²) in [5.41, 5.74) is 13.8. The molecule has 0 unspecified atom stereocenters. The summed E-state index contributed by atoms with van der Waals surface area (Å²) >= 11 is 0. The summed E-state index contributed by atoms with van der Waals surface area (Å²) in [6.07, 6.45) is 1.55. The number of hydrogen-bond acceptors (Lipinski definition) is 4. The Kier molecular flexibility index (Phi) is 10.1. The average molecular weight is 946 g/mol. The van der Waals surface area contributed by atoms with Crippen LogP contribution in [0.25, 0.3) is 61.0 Å². The molecule has 1 aliphatic rings. The van der Waals surface area contributed by atoms with E-state index in [1.54, 1.807) is 18.3 Å². The lowest BCUT2D eigenvalue weighted by Crippen LogP contribution is -2.25. The maximum Gasteiger partial charge on any atom is 0.137 e. The normalized spacial score (nSPS) is 14.2. The Hall–Kier alpha value is -7.89. The van der Waals surface area contributed by atoms with E-state index in [2.05, 4.69) is 192 Å². The molecule has 0 N–H and O–H groups in total. The van der Waals surface area contributed by atoms with Crippen molar-refractivity contribution in [3.63, 3.8) is 0 Å². The van der Waals surface area contributed by atoms with E-state index in [-0.39, 0.29) is 16.4 Å². The third kappa shape index (κ3) is 8.72. The number of aryl methyl sites for hydroxylation is 1. The first-order valence-electron chi connectivity index (χ1n) is 27.5. The largest absolute Gasteiger partial charge is 0.457 e. The zero-order valence-corrected chi connectivity index (χ0v) is 42.7. The molecule has 11 rings (SSSR count). The quantitative estimate of drug-likeness (QED) is 0.152. The van der Waals surface area contributed by atoms with Crippen LogP contribution in [0.5, 0.6) is 11.5 Å². The third-order valence-electron chi connectivity index (χ3n) is 14.0. The van der Waals surface area contributed by atoms with Gasteiger partial charge in [-0.2, -0.15) is 0 Å². The van der Waals surface area contributed by atoms with Gasteiger partial charge in [-0.25, -0.2) is 4.98 Å². The van der Waals surface area contributed by atoms with E-state index in [0.29, 0.717) is 41.6 Å². The highest BCUT2D eigenvalue weighted by atomic mass is 16.5. The Morgan fingerprint density at radius 1 is 0.486 bits per heavy atom. The van der Waals surface area contributed by atoms with Gasteiger partial charge in [-0.1, -0.05) is 172 Å². The topological polar surface area (TPSA) is 33.5 Å². The minimum Gasteiger partial charge on any atom is -0.457 e. The third-order valence-corrected chi connectivity index (χ3v) is 14.0. The van der Waals surface area contributed by atoms with Gasteiger partial charge in [-0.3, -0.25) is 4.57 Å². The molecule has 10 aromatic rings. The molecular formula is C67H64N4O. The molecule has 0 atom stereocenters. The number of nitrogens with zero attached hydrogens (tertiary/aromatic N) is 4. The second kappa shape index (κ2) is 17.8. The number of hydrogen-bond donors (Lipinski definition) is 0. The van der Waals surface area contributed by atoms with Crippen LogP contribution < -0.4 is 14.5 Å². The van der Waals surface area contributed by atoms with Crippen LogP contribution in [0.3, 0.4) is 0 Å². The van der Waals surface area contributed by atoms with Crippen LogP contribution in [0, 0.1) is 6.85 Å². The Morgan fingerprint density at radius 3 is 1.65 bits per heavy atom. The Balaban J connectivity index is 1.03. The van der Waals surface area contributed by atoms with Crippen LogP contribution in [0.15, 0.2) is 194 Å². The fourth-order valence-corrected chi connectivity index (χ4v) is 9.99. The predicted octanol–water partition coefficient (Wildman–Crippen LogP) is 18.4. The van der Waals surface area contributed by atoms with Gasteiger partial charge in [0, 0.05) is 50.0 Å². The first-order valence-corrected chi connectivity index (χ1v) is 25.0. The van der Waals surface area contributed by atoms with Gasteiger partial charge < -0.3 is 14.5 Å². The van der Waals surface area contributed by atoms with Crippen LogP contribution in [0.1, 0.15) is 91.4 Å². The standard InChI is InChI=1S/C67H64N4O/c1-44-36-37-68-63(38-44)71-59-19-12-11-18-55(59)56-35-34-54(42-62(56)71)72-53-17-15-16-52(41-53)69-43-70(61-21-14-13-20-60(61)69)64-57(47-24-22-45(23-25-47)46-26-30-49(31-27-46)65(2,3)4)39-51(67(8,9)10)40-58(64)48-28-32-50(33-29-48)66(5,6)7/h11-42H,43H2,1-10H3/i1D3,39D,40D. The van der Waals surface area contributed by atoms with Crippen molar-refractivity contribution in [1.82, 2.24) is 9.55 Å². The number of rotatable bonds is 8. The van der Waals surface area contributed by atoms with Gasteiger partial charge in [0.2, 0.25) is 0 Å². The highest BCUT2D eigenvalue weighted by Crippen LogP contribution is 2.52. The second-order valence-corrected chi connectivity index (χ2v) is 22.2. The molecule has 358 valence electrons. The van der Waals surface area contributed by atoms with Crippen molar-refractivity contribution in [2.75, 3.05) is 16.5 Å². The molecule has 0 fully saturated rings. The lowest BCUT2D eigenvalue weighted by atomic mass is 9.81. The number of anilines is 4. The first-order chi connectivity index (χ1) is 36.5. The molecule has 0 aliphatic carbocycles. The maximum absolute atomic E-state index is 10.3. The number of ether oxygens (including phenoxy) is 1. The van der Waals surface area contributed by atoms with Crippen molar-refractivity contribution in [2.45, 2.75) is 85.4 Å². The minimum atomic E-state index is -2.29. The summed E-state index contributed by atoms with van der Waals surface area (Å²) in [4.78, 5) is 9.23. The zero-order chi connectivity index (χ0) is 54.3. The molecule has 3 heterocycles. The fraction of sp³-hybridized carbons (Fsp3) is 0.209. The molecule has 8 aromatic carbocycles. The molecule has 1 aliphatic heterocycles. The van der Waals surface area contributed by atoms with E-state index < -0.39 is 12.3 Å². The second-order valence-electron chi connectivity index (χ2n) is 22.2. The predicted molar refractivity (Wildman–Crippen MR) is 304 cm³/mol. The molecular weight excluding hydrogens is 877 g/mol. The van der Waals surface area contributed by atoms with Gasteiger partial charge in [-0.15, -0.1) is 0 Å². The molecule has 0 saturated heterocycles.